The Labute approximate surface area is 233 Å². The van der Waals surface area contributed by atoms with Gasteiger partial charge in [-0.25, -0.2) is 9.37 Å². The number of aromatic nitrogens is 1. The molecule has 38 heavy (non-hydrogen) atoms. The standard InChI is InChI=1S/C27H24Cl2FN3O4S/c28-21-11-19(23(34)12-22(21)29)25(35)32-16-2-4-17(5-3-16)33-26(36)20-9-15(30)13-31-27(20)37-18-6-1-14-7-8-38-24(14)10-18/h1,6,9-13,16-17,34H,2-5,7-8H2,(H,32,35)(H,33,36). The minimum absolute atomic E-state index is 0.0173. The van der Waals surface area contributed by atoms with Crippen LogP contribution in [0.15, 0.2) is 47.5 Å². The van der Waals surface area contributed by atoms with Gasteiger partial charge in [-0.15, -0.1) is 11.8 Å². The number of hydrogen-bond donors (Lipinski definition) is 3. The predicted octanol–water partition coefficient (Wildman–Crippen LogP) is 6.14. The molecule has 1 aromatic heterocycles. The Bertz CT molecular complexity index is 1400. The Balaban J connectivity index is 1.19. The number of amides is 2. The molecule has 2 aromatic carbocycles. The molecule has 0 atom stereocenters. The van der Waals surface area contributed by atoms with Crippen LogP contribution >= 0.6 is 35.0 Å². The third-order valence-electron chi connectivity index (χ3n) is 6.63. The summed E-state index contributed by atoms with van der Waals surface area (Å²) in [6.07, 6.45) is 4.45. The minimum atomic E-state index is -0.635. The molecule has 0 unspecified atom stereocenters. The molecular formula is C27H24Cl2FN3O4S. The van der Waals surface area contributed by atoms with E-state index in [9.17, 15) is 19.1 Å². The molecule has 0 radical (unpaired) electrons. The third-order valence-corrected chi connectivity index (χ3v) is 8.45. The average Bonchev–Trinajstić information content (AvgIpc) is 3.36. The lowest BCUT2D eigenvalue weighted by atomic mass is 9.90. The Morgan fingerprint density at radius 2 is 1.63 bits per heavy atom. The van der Waals surface area contributed by atoms with Gasteiger partial charge in [-0.1, -0.05) is 29.3 Å². The number of ether oxygens (including phenoxy) is 1. The second-order valence-corrected chi connectivity index (χ2v) is 11.2. The highest BCUT2D eigenvalue weighted by Crippen LogP contribution is 2.36. The molecule has 1 saturated carbocycles. The molecule has 11 heteroatoms. The molecule has 2 heterocycles. The number of fused-ring (bicyclic) bond motifs is 1. The number of nitrogens with one attached hydrogen (secondary N) is 2. The molecule has 5 rings (SSSR count). The first-order chi connectivity index (χ1) is 18.3. The van der Waals surface area contributed by atoms with Crippen LogP contribution in [0.25, 0.3) is 0 Å². The fourth-order valence-corrected chi connectivity index (χ4v) is 6.04. The van der Waals surface area contributed by atoms with Gasteiger partial charge in [0.15, 0.2) is 0 Å². The lowest BCUT2D eigenvalue weighted by Crippen LogP contribution is -2.44. The van der Waals surface area contributed by atoms with Gasteiger partial charge in [-0.2, -0.15) is 0 Å². The number of aromatic hydroxyl groups is 1. The van der Waals surface area contributed by atoms with Gasteiger partial charge in [0.2, 0.25) is 5.88 Å². The maximum absolute atomic E-state index is 14.0. The first-order valence-electron chi connectivity index (χ1n) is 12.2. The quantitative estimate of drug-likeness (QED) is 0.326. The zero-order chi connectivity index (χ0) is 26.8. The van der Waals surface area contributed by atoms with E-state index in [4.69, 9.17) is 27.9 Å². The number of thioether (sulfide) groups is 1. The van der Waals surface area contributed by atoms with Crippen molar-refractivity contribution in [2.75, 3.05) is 5.75 Å². The number of carbonyl (C=O) groups excluding carboxylic acids is 2. The average molecular weight is 576 g/mol. The number of aryl methyl sites for hydroxylation is 1. The van der Waals surface area contributed by atoms with Gasteiger partial charge in [0.05, 0.1) is 21.8 Å². The number of nitrogens with zero attached hydrogens (tertiary/aromatic N) is 1. The van der Waals surface area contributed by atoms with Gasteiger partial charge in [0.25, 0.3) is 11.8 Å². The highest BCUT2D eigenvalue weighted by Gasteiger charge is 2.27. The van der Waals surface area contributed by atoms with E-state index in [-0.39, 0.29) is 44.9 Å². The van der Waals surface area contributed by atoms with Crippen molar-refractivity contribution in [3.63, 3.8) is 0 Å². The van der Waals surface area contributed by atoms with Crippen molar-refractivity contribution < 1.29 is 23.8 Å². The monoisotopic (exact) mass is 575 g/mol. The van der Waals surface area contributed by atoms with E-state index in [0.717, 1.165) is 29.3 Å². The van der Waals surface area contributed by atoms with Crippen LogP contribution in [-0.2, 0) is 6.42 Å². The molecule has 2 aliphatic rings. The third kappa shape index (κ3) is 6.00. The van der Waals surface area contributed by atoms with Crippen molar-refractivity contribution in [1.82, 2.24) is 15.6 Å². The van der Waals surface area contributed by atoms with Crippen molar-refractivity contribution >= 4 is 46.8 Å². The number of carbonyl (C=O) groups is 2. The van der Waals surface area contributed by atoms with Crippen molar-refractivity contribution in [2.24, 2.45) is 0 Å². The predicted molar refractivity (Wildman–Crippen MR) is 144 cm³/mol. The molecule has 3 aromatic rings. The minimum Gasteiger partial charge on any atom is -0.507 e. The Kier molecular flexibility index (Phi) is 7.97. The number of phenols is 1. The zero-order valence-electron chi connectivity index (χ0n) is 20.1. The number of halogens is 3. The van der Waals surface area contributed by atoms with E-state index in [1.54, 1.807) is 11.8 Å². The first-order valence-corrected chi connectivity index (χ1v) is 13.9. The summed E-state index contributed by atoms with van der Waals surface area (Å²) in [5.74, 6) is -0.223. The maximum atomic E-state index is 14.0. The number of phenolic OH excluding ortho intramolecular Hbond substituents is 1. The highest BCUT2D eigenvalue weighted by atomic mass is 35.5. The van der Waals surface area contributed by atoms with Crippen LogP contribution in [-0.4, -0.2) is 39.7 Å². The van der Waals surface area contributed by atoms with Crippen molar-refractivity contribution in [2.45, 2.75) is 49.1 Å². The second-order valence-electron chi connectivity index (χ2n) is 9.26. The molecule has 1 fully saturated rings. The summed E-state index contributed by atoms with van der Waals surface area (Å²) in [4.78, 5) is 30.9. The number of rotatable bonds is 6. The van der Waals surface area contributed by atoms with Crippen molar-refractivity contribution in [1.29, 1.82) is 0 Å². The van der Waals surface area contributed by atoms with Gasteiger partial charge in [0.1, 0.15) is 22.9 Å². The van der Waals surface area contributed by atoms with E-state index in [0.29, 0.717) is 31.4 Å². The second kappa shape index (κ2) is 11.4. The van der Waals surface area contributed by atoms with Crippen LogP contribution in [0.1, 0.15) is 52.0 Å². The highest BCUT2D eigenvalue weighted by molar-refractivity contribution is 7.99. The van der Waals surface area contributed by atoms with Crippen LogP contribution < -0.4 is 15.4 Å². The number of benzene rings is 2. The van der Waals surface area contributed by atoms with E-state index in [2.05, 4.69) is 15.6 Å². The molecule has 2 amide bonds. The van der Waals surface area contributed by atoms with E-state index in [1.807, 2.05) is 18.2 Å². The van der Waals surface area contributed by atoms with Gasteiger partial charge in [0, 0.05) is 28.8 Å². The molecule has 1 aliphatic carbocycles. The fourth-order valence-electron chi connectivity index (χ4n) is 4.62. The molecule has 1 aliphatic heterocycles. The molecule has 0 bridgehead atoms. The summed E-state index contributed by atoms with van der Waals surface area (Å²) in [5.41, 5.74) is 1.32. The summed E-state index contributed by atoms with van der Waals surface area (Å²) in [5, 5.41) is 16.2. The summed E-state index contributed by atoms with van der Waals surface area (Å²) < 4.78 is 19.9. The number of hydrogen-bond acceptors (Lipinski definition) is 6. The fraction of sp³-hybridized carbons (Fsp3) is 0.296. The van der Waals surface area contributed by atoms with E-state index in [1.165, 1.54) is 17.7 Å². The lowest BCUT2D eigenvalue weighted by Gasteiger charge is -2.30. The van der Waals surface area contributed by atoms with Crippen LogP contribution in [0.4, 0.5) is 4.39 Å². The van der Waals surface area contributed by atoms with Crippen LogP contribution in [0.5, 0.6) is 17.4 Å². The van der Waals surface area contributed by atoms with Crippen LogP contribution in [0.3, 0.4) is 0 Å². The van der Waals surface area contributed by atoms with Gasteiger partial charge >= 0.3 is 0 Å². The van der Waals surface area contributed by atoms with Gasteiger partial charge in [-0.05, 0) is 61.9 Å². The van der Waals surface area contributed by atoms with Crippen LogP contribution in [0.2, 0.25) is 10.0 Å². The van der Waals surface area contributed by atoms with Gasteiger partial charge in [-0.3, -0.25) is 9.59 Å². The normalized spacial score (nSPS) is 18.5. The molecule has 198 valence electrons. The van der Waals surface area contributed by atoms with Crippen LogP contribution in [0, 0.1) is 5.82 Å². The first kappa shape index (κ1) is 26.6. The largest absolute Gasteiger partial charge is 0.507 e. The molecule has 7 nitrogen and oxygen atoms in total. The molecular weight excluding hydrogens is 552 g/mol. The lowest BCUT2D eigenvalue weighted by molar-refractivity contribution is 0.0888. The molecule has 0 spiro atoms. The summed E-state index contributed by atoms with van der Waals surface area (Å²) in [6, 6.07) is 9.10. The Morgan fingerprint density at radius 3 is 2.34 bits per heavy atom. The summed E-state index contributed by atoms with van der Waals surface area (Å²) >= 11 is 13.6. The van der Waals surface area contributed by atoms with Gasteiger partial charge < -0.3 is 20.5 Å². The van der Waals surface area contributed by atoms with E-state index >= 15 is 0 Å². The topological polar surface area (TPSA) is 101 Å². The maximum Gasteiger partial charge on any atom is 0.257 e. The smallest absolute Gasteiger partial charge is 0.257 e. The molecule has 3 N–H and O–H groups in total. The number of pyridine rings is 1. The van der Waals surface area contributed by atoms with E-state index < -0.39 is 17.6 Å². The Hall–Kier alpha value is -3.01. The zero-order valence-corrected chi connectivity index (χ0v) is 22.4. The Morgan fingerprint density at radius 1 is 0.974 bits per heavy atom. The molecule has 0 saturated heterocycles. The van der Waals surface area contributed by atoms with Crippen molar-refractivity contribution in [3.8, 4) is 17.4 Å². The SMILES string of the molecule is O=C(NC1CCC(NC(=O)c2cc(F)cnc2Oc2ccc3c(c2)SCC3)CC1)c1cc(Cl)c(Cl)cc1O. The summed E-state index contributed by atoms with van der Waals surface area (Å²) in [6.45, 7) is 0. The summed E-state index contributed by atoms with van der Waals surface area (Å²) in [7, 11) is 0. The van der Waals surface area contributed by atoms with Crippen molar-refractivity contribution in [3.05, 3.63) is 75.1 Å².